The number of sulfonamides is 1. The van der Waals surface area contributed by atoms with E-state index >= 15 is 0 Å². The van der Waals surface area contributed by atoms with E-state index in [1.807, 2.05) is 0 Å². The third-order valence-electron chi connectivity index (χ3n) is 5.05. The third kappa shape index (κ3) is 5.56. The Bertz CT molecular complexity index is 1450. The maximum absolute atomic E-state index is 13.1. The van der Waals surface area contributed by atoms with Crippen LogP contribution >= 0.6 is 0 Å². The van der Waals surface area contributed by atoms with Gasteiger partial charge in [0.2, 0.25) is 0 Å². The van der Waals surface area contributed by atoms with Crippen LogP contribution in [-0.4, -0.2) is 55.9 Å². The zero-order chi connectivity index (χ0) is 25.5. The minimum Gasteiger partial charge on any atom is -0.497 e. The van der Waals surface area contributed by atoms with Crippen LogP contribution < -0.4 is 24.2 Å². The summed E-state index contributed by atoms with van der Waals surface area (Å²) in [7, 11) is -0.994. The van der Waals surface area contributed by atoms with Gasteiger partial charge in [-0.15, -0.1) is 0 Å². The largest absolute Gasteiger partial charge is 0.497 e. The van der Waals surface area contributed by atoms with Crippen molar-refractivity contribution in [3.63, 3.8) is 0 Å². The molecule has 0 aliphatic carbocycles. The molecule has 2 aromatic carbocycles. The Morgan fingerprint density at radius 3 is 2.28 bits per heavy atom. The van der Waals surface area contributed by atoms with Crippen LogP contribution in [-0.2, 0) is 10.0 Å². The lowest BCUT2D eigenvalue weighted by Gasteiger charge is -2.19. The number of methoxy groups -OCH3 is 2. The van der Waals surface area contributed by atoms with Crippen LogP contribution in [0.2, 0.25) is 0 Å². The molecule has 0 saturated heterocycles. The number of ether oxygens (including phenoxy) is 3. The molecular weight excluding hydrogens is 486 g/mol. The molecule has 3 N–H and O–H groups in total. The molecular formula is C24H25N5O6S. The van der Waals surface area contributed by atoms with Crippen molar-refractivity contribution >= 4 is 38.4 Å². The minimum absolute atomic E-state index is 0.0198. The number of fused-ring (bicyclic) bond motifs is 1. The molecule has 0 radical (unpaired) electrons. The van der Waals surface area contributed by atoms with Crippen LogP contribution in [0.5, 0.6) is 17.2 Å². The van der Waals surface area contributed by atoms with Crippen molar-refractivity contribution in [3.8, 4) is 17.2 Å². The maximum atomic E-state index is 13.1. The zero-order valence-corrected chi connectivity index (χ0v) is 20.4. The van der Waals surface area contributed by atoms with Gasteiger partial charge in [0.1, 0.15) is 5.75 Å². The van der Waals surface area contributed by atoms with Crippen LogP contribution in [0, 0.1) is 0 Å². The molecule has 4 aromatic rings. The number of hydrogen-bond donors (Lipinski definition) is 3. The molecule has 4 rings (SSSR count). The molecule has 0 saturated carbocycles. The van der Waals surface area contributed by atoms with Gasteiger partial charge >= 0.3 is 0 Å². The molecule has 36 heavy (non-hydrogen) atoms. The molecule has 2 heterocycles. The fourth-order valence-corrected chi connectivity index (χ4v) is 4.31. The van der Waals surface area contributed by atoms with Crippen molar-refractivity contribution in [1.29, 1.82) is 0 Å². The van der Waals surface area contributed by atoms with Crippen LogP contribution in [0.25, 0.3) is 11.0 Å². The second kappa shape index (κ2) is 11.1. The molecule has 0 spiro atoms. The molecule has 188 valence electrons. The third-order valence-corrected chi connectivity index (χ3v) is 6.40. The summed E-state index contributed by atoms with van der Waals surface area (Å²) in [5, 5.41) is 12.3. The summed E-state index contributed by atoms with van der Waals surface area (Å²) < 4.78 is 45.4. The first-order valence-electron chi connectivity index (χ1n) is 10.9. The number of nitrogens with zero attached hydrogens (tertiary/aromatic N) is 3. The van der Waals surface area contributed by atoms with Gasteiger partial charge in [-0.05, 0) is 24.3 Å². The van der Waals surface area contributed by atoms with Crippen molar-refractivity contribution in [3.05, 3.63) is 60.9 Å². The summed E-state index contributed by atoms with van der Waals surface area (Å²) in [5.74, 6) is 1.30. The van der Waals surface area contributed by atoms with Crippen LogP contribution in [0.15, 0.2) is 65.8 Å². The van der Waals surface area contributed by atoms with Gasteiger partial charge in [0.05, 0.1) is 42.4 Å². The predicted octanol–water partition coefficient (Wildman–Crippen LogP) is 3.35. The molecule has 0 aliphatic rings. The fraction of sp³-hybridized carbons (Fsp3) is 0.208. The zero-order valence-electron chi connectivity index (χ0n) is 19.6. The van der Waals surface area contributed by atoms with Crippen LogP contribution in [0.4, 0.5) is 17.3 Å². The summed E-state index contributed by atoms with van der Waals surface area (Å²) in [5.41, 5.74) is 1.45. The molecule has 0 bridgehead atoms. The molecule has 2 aromatic heterocycles. The van der Waals surface area contributed by atoms with Crippen molar-refractivity contribution in [2.24, 2.45) is 0 Å². The Morgan fingerprint density at radius 1 is 0.944 bits per heavy atom. The Balaban J connectivity index is 1.81. The van der Waals surface area contributed by atoms with Crippen molar-refractivity contribution in [2.75, 3.05) is 37.5 Å². The summed E-state index contributed by atoms with van der Waals surface area (Å²) in [6, 6.07) is 13.2. The van der Waals surface area contributed by atoms with Crippen LogP contribution in [0.3, 0.4) is 0 Å². The predicted molar refractivity (Wildman–Crippen MR) is 135 cm³/mol. The highest BCUT2D eigenvalue weighted by Gasteiger charge is 2.21. The highest BCUT2D eigenvalue weighted by Crippen LogP contribution is 2.42. The quantitative estimate of drug-likeness (QED) is 0.256. The average molecular weight is 512 g/mol. The van der Waals surface area contributed by atoms with E-state index < -0.39 is 10.0 Å². The first kappa shape index (κ1) is 24.9. The minimum atomic E-state index is -3.99. The molecule has 12 heteroatoms. The monoisotopic (exact) mass is 511 g/mol. The van der Waals surface area contributed by atoms with E-state index in [-0.39, 0.29) is 29.7 Å². The summed E-state index contributed by atoms with van der Waals surface area (Å²) >= 11 is 0. The number of anilines is 3. The molecule has 0 atom stereocenters. The summed E-state index contributed by atoms with van der Waals surface area (Å²) in [6.07, 6.45) is 3.18. The van der Waals surface area contributed by atoms with E-state index in [4.69, 9.17) is 19.3 Å². The van der Waals surface area contributed by atoms with Crippen LogP contribution in [0.1, 0.15) is 6.42 Å². The number of aliphatic hydroxyl groups is 1. The first-order chi connectivity index (χ1) is 17.4. The van der Waals surface area contributed by atoms with E-state index in [1.54, 1.807) is 36.4 Å². The standard InChI is InChI=1S/C24H25N5O6S/c1-33-16-14-20(22(21(15-16)34-2)35-13-5-12-30)28-23-24(27-19-7-4-3-6-18(19)26-23)29-36(31,32)17-8-10-25-11-9-17/h3-4,6-11,14-15,30H,5,12-13H2,1-2H3,(H,26,28)(H,27,29). The van der Waals surface area contributed by atoms with Gasteiger partial charge in [0.15, 0.2) is 23.1 Å². The fourth-order valence-electron chi connectivity index (χ4n) is 3.32. The average Bonchev–Trinajstić information content (AvgIpc) is 2.90. The van der Waals surface area contributed by atoms with Gasteiger partial charge in [-0.25, -0.2) is 18.4 Å². The van der Waals surface area contributed by atoms with E-state index in [0.29, 0.717) is 40.4 Å². The number of benzene rings is 2. The second-order valence-electron chi connectivity index (χ2n) is 7.45. The Kier molecular flexibility index (Phi) is 7.66. The Morgan fingerprint density at radius 2 is 1.64 bits per heavy atom. The number of nitrogens with one attached hydrogen (secondary N) is 2. The molecule has 0 amide bonds. The van der Waals surface area contributed by atoms with Gasteiger partial charge in [-0.2, -0.15) is 0 Å². The summed E-state index contributed by atoms with van der Waals surface area (Å²) in [6.45, 7) is 0.178. The number of rotatable bonds is 11. The van der Waals surface area contributed by atoms with Crippen molar-refractivity contribution < 1.29 is 27.7 Å². The van der Waals surface area contributed by atoms with Gasteiger partial charge < -0.3 is 24.6 Å². The molecule has 0 unspecified atom stereocenters. The Hall–Kier alpha value is -4.16. The SMILES string of the molecule is COc1cc(Nc2nc3ccccc3nc2NS(=O)(=O)c2ccncc2)c(OCCCO)c(OC)c1. The van der Waals surface area contributed by atoms with Gasteiger partial charge in [0, 0.05) is 37.6 Å². The molecule has 11 nitrogen and oxygen atoms in total. The van der Waals surface area contributed by atoms with Gasteiger partial charge in [-0.1, -0.05) is 12.1 Å². The second-order valence-corrected chi connectivity index (χ2v) is 9.14. The smallest absolute Gasteiger partial charge is 0.263 e. The first-order valence-corrected chi connectivity index (χ1v) is 12.4. The van der Waals surface area contributed by atoms with E-state index in [0.717, 1.165) is 0 Å². The topological polar surface area (TPSA) is 145 Å². The summed E-state index contributed by atoms with van der Waals surface area (Å²) in [4.78, 5) is 13.0. The van der Waals surface area contributed by atoms with Gasteiger partial charge in [-0.3, -0.25) is 9.71 Å². The lowest BCUT2D eigenvalue weighted by Crippen LogP contribution is -2.16. The number of pyridine rings is 1. The molecule has 0 aliphatic heterocycles. The highest BCUT2D eigenvalue weighted by molar-refractivity contribution is 7.92. The van der Waals surface area contributed by atoms with Crippen molar-refractivity contribution in [1.82, 2.24) is 15.0 Å². The Labute approximate surface area is 208 Å². The van der Waals surface area contributed by atoms with Gasteiger partial charge in [0.25, 0.3) is 10.0 Å². The number of aliphatic hydroxyl groups excluding tert-OH is 1. The number of para-hydroxylation sites is 2. The number of hydrogen-bond acceptors (Lipinski definition) is 10. The maximum Gasteiger partial charge on any atom is 0.263 e. The van der Waals surface area contributed by atoms with E-state index in [2.05, 4.69) is 25.0 Å². The van der Waals surface area contributed by atoms with Crippen molar-refractivity contribution in [2.45, 2.75) is 11.3 Å². The highest BCUT2D eigenvalue weighted by atomic mass is 32.2. The van der Waals surface area contributed by atoms with E-state index in [9.17, 15) is 8.42 Å². The molecule has 0 fully saturated rings. The lowest BCUT2D eigenvalue weighted by molar-refractivity contribution is 0.228. The number of aromatic nitrogens is 3. The lowest BCUT2D eigenvalue weighted by atomic mass is 10.2. The van der Waals surface area contributed by atoms with E-state index in [1.165, 1.54) is 38.7 Å². The normalized spacial score (nSPS) is 11.2.